The highest BCUT2D eigenvalue weighted by atomic mass is 16.8. The molecule has 2 saturated heterocycles. The predicted molar refractivity (Wildman–Crippen MR) is 109 cm³/mol. The zero-order chi connectivity index (χ0) is 21.6. The second-order valence-electron chi connectivity index (χ2n) is 7.34. The predicted octanol–water partition coefficient (Wildman–Crippen LogP) is 3.97. The minimum Gasteiger partial charge on any atom is -0.453 e. The molecule has 0 N–H and O–H groups in total. The van der Waals surface area contributed by atoms with E-state index >= 15 is 0 Å². The number of esters is 1. The van der Waals surface area contributed by atoms with Gasteiger partial charge in [0.25, 0.3) is 0 Å². The highest BCUT2D eigenvalue weighted by molar-refractivity contribution is 5.89. The smallest absolute Gasteiger partial charge is 0.338 e. The van der Waals surface area contributed by atoms with Gasteiger partial charge in [-0.15, -0.1) is 0 Å². The van der Waals surface area contributed by atoms with Crippen LogP contribution in [0.2, 0.25) is 0 Å². The van der Waals surface area contributed by atoms with Crippen molar-refractivity contribution < 1.29 is 28.5 Å². The van der Waals surface area contributed by atoms with Crippen molar-refractivity contribution in [1.29, 1.82) is 0 Å². The fourth-order valence-electron chi connectivity index (χ4n) is 3.79. The Morgan fingerprint density at radius 3 is 2.55 bits per heavy atom. The molecule has 162 valence electrons. The van der Waals surface area contributed by atoms with Crippen LogP contribution in [0.4, 0.5) is 0 Å². The molecule has 0 bridgehead atoms. The van der Waals surface area contributed by atoms with Gasteiger partial charge in [-0.25, -0.2) is 4.79 Å². The van der Waals surface area contributed by atoms with Crippen LogP contribution in [0.1, 0.15) is 29.1 Å². The first kappa shape index (κ1) is 21.3. The Kier molecular flexibility index (Phi) is 6.81. The van der Waals surface area contributed by atoms with Crippen LogP contribution in [0.3, 0.4) is 0 Å². The van der Waals surface area contributed by atoms with E-state index in [9.17, 15) is 4.79 Å². The molecule has 0 spiro atoms. The molecule has 2 aromatic carbocycles. The molecule has 0 aromatic heterocycles. The van der Waals surface area contributed by atoms with E-state index in [2.05, 4.69) is 10.0 Å². The summed E-state index contributed by atoms with van der Waals surface area (Å²) in [5, 5.41) is 3.39. The lowest BCUT2D eigenvalue weighted by Crippen LogP contribution is -2.59. The van der Waals surface area contributed by atoms with Crippen molar-refractivity contribution in [2.45, 2.75) is 37.8 Å². The minimum absolute atomic E-state index is 0.251. The Balaban J connectivity index is 1.53. The van der Waals surface area contributed by atoms with E-state index in [-0.39, 0.29) is 25.4 Å². The van der Waals surface area contributed by atoms with E-state index in [4.69, 9.17) is 29.2 Å². The summed E-state index contributed by atoms with van der Waals surface area (Å²) < 4.78 is 29.4. The molecule has 3 unspecified atom stereocenters. The SMILES string of the molecule is C[C@@H]1C(OC(=O)c2ccccc2)[C@H](OCN=[N+]=[N-])OC2COC(c3ccccc3)O[C@H]21. The van der Waals surface area contributed by atoms with Crippen LogP contribution in [0.25, 0.3) is 10.4 Å². The molecule has 2 aliphatic rings. The molecular formula is C22H23N3O6. The number of hydrogen-bond donors (Lipinski definition) is 0. The lowest BCUT2D eigenvalue weighted by molar-refractivity contribution is -0.350. The summed E-state index contributed by atoms with van der Waals surface area (Å²) in [6.07, 6.45) is -3.03. The number of ether oxygens (including phenoxy) is 5. The third-order valence-electron chi connectivity index (χ3n) is 5.36. The minimum atomic E-state index is -0.921. The second kappa shape index (κ2) is 9.91. The lowest BCUT2D eigenvalue weighted by atomic mass is 9.89. The molecule has 9 nitrogen and oxygen atoms in total. The third-order valence-corrected chi connectivity index (χ3v) is 5.36. The van der Waals surface area contributed by atoms with Crippen molar-refractivity contribution in [3.05, 3.63) is 82.2 Å². The first-order valence-electron chi connectivity index (χ1n) is 10.0. The number of carbonyl (C=O) groups is 1. The Bertz CT molecular complexity index is 921. The van der Waals surface area contributed by atoms with Gasteiger partial charge in [-0.1, -0.05) is 60.6 Å². The maximum absolute atomic E-state index is 12.7. The van der Waals surface area contributed by atoms with Crippen molar-refractivity contribution >= 4 is 5.97 Å². The molecule has 0 aliphatic carbocycles. The van der Waals surface area contributed by atoms with Crippen LogP contribution in [-0.2, 0) is 23.7 Å². The molecule has 4 rings (SSSR count). The monoisotopic (exact) mass is 425 g/mol. The van der Waals surface area contributed by atoms with E-state index in [0.717, 1.165) is 5.56 Å². The van der Waals surface area contributed by atoms with Gasteiger partial charge in [0.2, 0.25) is 0 Å². The summed E-state index contributed by atoms with van der Waals surface area (Å²) in [5.41, 5.74) is 9.86. The van der Waals surface area contributed by atoms with Crippen molar-refractivity contribution in [1.82, 2.24) is 0 Å². The van der Waals surface area contributed by atoms with Crippen LogP contribution >= 0.6 is 0 Å². The maximum Gasteiger partial charge on any atom is 0.338 e. The number of benzene rings is 2. The van der Waals surface area contributed by atoms with Gasteiger partial charge in [-0.3, -0.25) is 0 Å². The Morgan fingerprint density at radius 2 is 1.84 bits per heavy atom. The lowest BCUT2D eigenvalue weighted by Gasteiger charge is -2.47. The van der Waals surface area contributed by atoms with Gasteiger partial charge in [0.05, 0.1) is 18.3 Å². The first-order chi connectivity index (χ1) is 15.2. The van der Waals surface area contributed by atoms with E-state index < -0.39 is 30.8 Å². The molecule has 0 amide bonds. The molecular weight excluding hydrogens is 402 g/mol. The number of fused-ring (bicyclic) bond motifs is 1. The quantitative estimate of drug-likeness (QED) is 0.300. The Hall–Kier alpha value is -2.94. The number of azide groups is 1. The van der Waals surface area contributed by atoms with Gasteiger partial charge < -0.3 is 23.7 Å². The Morgan fingerprint density at radius 1 is 1.13 bits per heavy atom. The molecule has 9 heteroatoms. The zero-order valence-corrected chi connectivity index (χ0v) is 16.9. The van der Waals surface area contributed by atoms with E-state index in [0.29, 0.717) is 5.56 Å². The summed E-state index contributed by atoms with van der Waals surface area (Å²) in [6, 6.07) is 18.3. The highest BCUT2D eigenvalue weighted by Gasteiger charge is 2.50. The normalized spacial score (nSPS) is 30.0. The summed E-state index contributed by atoms with van der Waals surface area (Å²) in [5.74, 6) is -0.763. The molecule has 2 fully saturated rings. The van der Waals surface area contributed by atoms with Crippen molar-refractivity contribution in [3.63, 3.8) is 0 Å². The molecule has 0 saturated carbocycles. The number of carbonyl (C=O) groups excluding carboxylic acids is 1. The van der Waals surface area contributed by atoms with E-state index in [1.54, 1.807) is 24.3 Å². The van der Waals surface area contributed by atoms with Crippen molar-refractivity contribution in [2.24, 2.45) is 11.0 Å². The van der Waals surface area contributed by atoms with Gasteiger partial charge in [0, 0.05) is 16.4 Å². The van der Waals surface area contributed by atoms with Crippen LogP contribution in [0.15, 0.2) is 65.8 Å². The number of rotatable bonds is 6. The van der Waals surface area contributed by atoms with Gasteiger partial charge in [-0.2, -0.15) is 0 Å². The largest absolute Gasteiger partial charge is 0.453 e. The van der Waals surface area contributed by atoms with Crippen LogP contribution in [0.5, 0.6) is 0 Å². The summed E-state index contributed by atoms with van der Waals surface area (Å²) in [6.45, 7) is 1.95. The maximum atomic E-state index is 12.7. The van der Waals surface area contributed by atoms with Crippen LogP contribution < -0.4 is 0 Å². The molecule has 2 aromatic rings. The first-order valence-corrected chi connectivity index (χ1v) is 10.0. The second-order valence-corrected chi connectivity index (χ2v) is 7.34. The highest BCUT2D eigenvalue weighted by Crippen LogP contribution is 2.38. The number of nitrogens with zero attached hydrogens (tertiary/aromatic N) is 3. The number of hydrogen-bond acceptors (Lipinski definition) is 7. The van der Waals surface area contributed by atoms with Crippen molar-refractivity contribution in [3.8, 4) is 0 Å². The average molecular weight is 425 g/mol. The van der Waals surface area contributed by atoms with Gasteiger partial charge in [0.1, 0.15) is 12.8 Å². The van der Waals surface area contributed by atoms with Crippen molar-refractivity contribution in [2.75, 3.05) is 13.3 Å². The summed E-state index contributed by atoms with van der Waals surface area (Å²) in [7, 11) is 0. The third kappa shape index (κ3) is 4.87. The zero-order valence-electron chi connectivity index (χ0n) is 16.9. The molecule has 2 aliphatic heterocycles. The van der Waals surface area contributed by atoms with Gasteiger partial charge >= 0.3 is 5.97 Å². The van der Waals surface area contributed by atoms with Crippen LogP contribution in [0, 0.1) is 5.92 Å². The summed E-state index contributed by atoms with van der Waals surface area (Å²) in [4.78, 5) is 15.4. The van der Waals surface area contributed by atoms with Crippen LogP contribution in [-0.4, -0.2) is 43.9 Å². The van der Waals surface area contributed by atoms with E-state index in [1.807, 2.05) is 43.3 Å². The fraction of sp³-hybridized carbons (Fsp3) is 0.409. The summed E-state index contributed by atoms with van der Waals surface area (Å²) >= 11 is 0. The molecule has 31 heavy (non-hydrogen) atoms. The standard InChI is InChI=1S/C22H23N3O6/c1-14-18-17(12-27-21(31-18)16-10-6-3-7-11-16)29-22(28-13-24-25-23)19(14)30-20(26)15-8-4-2-5-9-15/h2-11,14,17-19,21-22H,12-13H2,1H3/t14-,17?,18-,19?,21?,22+/m0/s1. The van der Waals surface area contributed by atoms with Gasteiger partial charge in [-0.05, 0) is 17.7 Å². The van der Waals surface area contributed by atoms with Gasteiger partial charge in [0.15, 0.2) is 18.7 Å². The molecule has 0 radical (unpaired) electrons. The molecule has 6 atom stereocenters. The average Bonchev–Trinajstić information content (AvgIpc) is 2.82. The molecule has 2 heterocycles. The Labute approximate surface area is 179 Å². The van der Waals surface area contributed by atoms with E-state index in [1.165, 1.54) is 0 Å². The topological polar surface area (TPSA) is 112 Å². The fourth-order valence-corrected chi connectivity index (χ4v) is 3.79.